The van der Waals surface area contributed by atoms with E-state index in [1.54, 1.807) is 29.2 Å². The van der Waals surface area contributed by atoms with Crippen molar-refractivity contribution in [1.82, 2.24) is 0 Å². The number of Topliss-reactive ketones (excluding diaryl/α,β-unsaturated/α-hetero) is 1. The van der Waals surface area contributed by atoms with Gasteiger partial charge < -0.3 is 10.0 Å². The van der Waals surface area contributed by atoms with Crippen molar-refractivity contribution in [2.45, 2.75) is 25.0 Å². The smallest absolute Gasteiger partial charge is 0.264 e. The van der Waals surface area contributed by atoms with Gasteiger partial charge in [-0.3, -0.25) is 9.59 Å². The van der Waals surface area contributed by atoms with Gasteiger partial charge in [-0.2, -0.15) is 0 Å². The molecule has 0 unspecified atom stereocenters. The highest BCUT2D eigenvalue weighted by Crippen LogP contribution is 2.48. The number of ketones is 1. The standard InChI is InChI=1S/C25H20ClNO3/c26-21-11-5-2-8-17(21)15-27-22-12-6-4-10-19(22)25(30,24(27)29)20-14-13-16-7-1-3-9-18(16)23(20)28/h1-12,20,30H,13-15H2/t20-,25+/m0/s1. The molecule has 0 radical (unpaired) electrons. The zero-order valence-electron chi connectivity index (χ0n) is 16.2. The van der Waals surface area contributed by atoms with E-state index in [1.807, 2.05) is 48.5 Å². The molecule has 3 aromatic rings. The van der Waals surface area contributed by atoms with Gasteiger partial charge in [0, 0.05) is 16.1 Å². The van der Waals surface area contributed by atoms with Crippen LogP contribution < -0.4 is 4.90 Å². The summed E-state index contributed by atoms with van der Waals surface area (Å²) in [5, 5.41) is 12.4. The fourth-order valence-corrected chi connectivity index (χ4v) is 4.94. The van der Waals surface area contributed by atoms with E-state index in [0.717, 1.165) is 11.1 Å². The number of hydrogen-bond donors (Lipinski definition) is 1. The summed E-state index contributed by atoms with van der Waals surface area (Å²) in [7, 11) is 0. The second kappa shape index (κ2) is 7.08. The average molecular weight is 418 g/mol. The fraction of sp³-hybridized carbons (Fsp3) is 0.200. The lowest BCUT2D eigenvalue weighted by Gasteiger charge is -2.34. The summed E-state index contributed by atoms with van der Waals surface area (Å²) in [6.45, 7) is 0.231. The van der Waals surface area contributed by atoms with E-state index >= 15 is 0 Å². The topological polar surface area (TPSA) is 57.6 Å². The summed E-state index contributed by atoms with van der Waals surface area (Å²) >= 11 is 6.32. The van der Waals surface area contributed by atoms with Crippen LogP contribution in [0.15, 0.2) is 72.8 Å². The van der Waals surface area contributed by atoms with Crippen LogP contribution in [0, 0.1) is 5.92 Å². The maximum absolute atomic E-state index is 13.6. The summed E-state index contributed by atoms with van der Waals surface area (Å²) in [5.41, 5.74) is 1.57. The first-order chi connectivity index (χ1) is 14.5. The maximum atomic E-state index is 13.6. The van der Waals surface area contributed by atoms with E-state index < -0.39 is 17.4 Å². The molecule has 3 aromatic carbocycles. The van der Waals surface area contributed by atoms with Gasteiger partial charge in [0.1, 0.15) is 0 Å². The van der Waals surface area contributed by atoms with Crippen molar-refractivity contribution in [3.63, 3.8) is 0 Å². The summed E-state index contributed by atoms with van der Waals surface area (Å²) in [6.07, 6.45) is 1.07. The van der Waals surface area contributed by atoms with Crippen LogP contribution >= 0.6 is 11.6 Å². The molecule has 0 bridgehead atoms. The molecule has 5 rings (SSSR count). The third-order valence-corrected chi connectivity index (χ3v) is 6.64. The molecule has 2 atom stereocenters. The first-order valence-electron chi connectivity index (χ1n) is 10.0. The van der Waals surface area contributed by atoms with Crippen LogP contribution in [0.1, 0.15) is 33.5 Å². The quantitative estimate of drug-likeness (QED) is 0.681. The van der Waals surface area contributed by atoms with E-state index in [1.165, 1.54) is 0 Å². The summed E-state index contributed by atoms with van der Waals surface area (Å²) < 4.78 is 0. The molecule has 1 N–H and O–H groups in total. The molecule has 30 heavy (non-hydrogen) atoms. The Labute approximate surface area is 179 Å². The van der Waals surface area contributed by atoms with Crippen molar-refractivity contribution < 1.29 is 14.7 Å². The van der Waals surface area contributed by atoms with Crippen LogP contribution in [0.5, 0.6) is 0 Å². The summed E-state index contributed by atoms with van der Waals surface area (Å²) in [4.78, 5) is 28.5. The number of anilines is 1. The Kier molecular flexibility index (Phi) is 4.49. The van der Waals surface area contributed by atoms with Crippen LogP contribution in [0.4, 0.5) is 5.69 Å². The van der Waals surface area contributed by atoms with Gasteiger partial charge in [0.25, 0.3) is 5.91 Å². The highest BCUT2D eigenvalue weighted by molar-refractivity contribution is 6.31. The molecule has 0 aromatic heterocycles. The molecule has 1 amide bonds. The Hall–Kier alpha value is -2.95. The summed E-state index contributed by atoms with van der Waals surface area (Å²) in [6, 6.07) is 21.9. The Morgan fingerprint density at radius 1 is 0.967 bits per heavy atom. The van der Waals surface area contributed by atoms with Crippen molar-refractivity contribution in [2.75, 3.05) is 4.90 Å². The third kappa shape index (κ3) is 2.72. The predicted molar refractivity (Wildman–Crippen MR) is 116 cm³/mol. The predicted octanol–water partition coefficient (Wildman–Crippen LogP) is 4.52. The van der Waals surface area contributed by atoms with Gasteiger partial charge in [-0.05, 0) is 36.1 Å². The fourth-order valence-electron chi connectivity index (χ4n) is 4.75. The number of hydrogen-bond acceptors (Lipinski definition) is 3. The number of benzene rings is 3. The molecule has 0 saturated heterocycles. The first-order valence-corrected chi connectivity index (χ1v) is 10.4. The molecule has 0 saturated carbocycles. The van der Waals surface area contributed by atoms with Crippen LogP contribution in [0.2, 0.25) is 5.02 Å². The van der Waals surface area contributed by atoms with Gasteiger partial charge in [-0.1, -0.05) is 72.3 Å². The van der Waals surface area contributed by atoms with Gasteiger partial charge in [-0.25, -0.2) is 0 Å². The lowest BCUT2D eigenvalue weighted by atomic mass is 9.71. The molecule has 2 aliphatic rings. The molecule has 0 spiro atoms. The van der Waals surface area contributed by atoms with Gasteiger partial charge in [0.05, 0.1) is 18.2 Å². The SMILES string of the molecule is O=C1c2ccccc2CC[C@@H]1[C@@]1(O)C(=O)N(Cc2ccccc2Cl)c2ccccc21. The van der Waals surface area contributed by atoms with E-state index in [9.17, 15) is 14.7 Å². The Morgan fingerprint density at radius 3 is 2.50 bits per heavy atom. The van der Waals surface area contributed by atoms with E-state index in [-0.39, 0.29) is 12.3 Å². The van der Waals surface area contributed by atoms with Crippen LogP contribution in [0.3, 0.4) is 0 Å². The summed E-state index contributed by atoms with van der Waals surface area (Å²) in [5.74, 6) is -1.47. The number of rotatable bonds is 3. The number of para-hydroxylation sites is 1. The number of aryl methyl sites for hydroxylation is 1. The van der Waals surface area contributed by atoms with E-state index in [2.05, 4.69) is 0 Å². The number of amides is 1. The Balaban J connectivity index is 1.58. The van der Waals surface area contributed by atoms with Crippen molar-refractivity contribution in [1.29, 1.82) is 0 Å². The molecule has 1 aliphatic heterocycles. The molecular weight excluding hydrogens is 398 g/mol. The number of carbonyl (C=O) groups is 2. The second-order valence-electron chi connectivity index (χ2n) is 7.88. The number of fused-ring (bicyclic) bond motifs is 2. The van der Waals surface area contributed by atoms with E-state index in [4.69, 9.17) is 11.6 Å². The Morgan fingerprint density at radius 2 is 1.67 bits per heavy atom. The molecule has 1 heterocycles. The monoisotopic (exact) mass is 417 g/mol. The molecule has 0 fully saturated rings. The third-order valence-electron chi connectivity index (χ3n) is 6.27. The minimum Gasteiger partial charge on any atom is -0.375 e. The van der Waals surface area contributed by atoms with Gasteiger partial charge in [0.15, 0.2) is 11.4 Å². The molecule has 1 aliphatic carbocycles. The second-order valence-corrected chi connectivity index (χ2v) is 8.29. The lowest BCUT2D eigenvalue weighted by molar-refractivity contribution is -0.140. The van der Waals surface area contributed by atoms with Crippen LogP contribution in [0.25, 0.3) is 0 Å². The average Bonchev–Trinajstić information content (AvgIpc) is 2.98. The van der Waals surface area contributed by atoms with Gasteiger partial charge in [0.2, 0.25) is 0 Å². The van der Waals surface area contributed by atoms with Crippen molar-refractivity contribution in [3.8, 4) is 0 Å². The number of halogens is 1. The van der Waals surface area contributed by atoms with E-state index in [0.29, 0.717) is 34.7 Å². The molecule has 4 nitrogen and oxygen atoms in total. The molecule has 5 heteroatoms. The molecular formula is C25H20ClNO3. The van der Waals surface area contributed by atoms with Crippen molar-refractivity contribution in [3.05, 3.63) is 100 Å². The van der Waals surface area contributed by atoms with Gasteiger partial charge in [-0.15, -0.1) is 0 Å². The van der Waals surface area contributed by atoms with Crippen LogP contribution in [-0.4, -0.2) is 16.8 Å². The van der Waals surface area contributed by atoms with Crippen molar-refractivity contribution in [2.24, 2.45) is 5.92 Å². The maximum Gasteiger partial charge on any atom is 0.264 e. The zero-order valence-corrected chi connectivity index (χ0v) is 17.0. The zero-order chi connectivity index (χ0) is 20.9. The number of nitrogens with zero attached hydrogens (tertiary/aromatic N) is 1. The first kappa shape index (κ1) is 19.0. The normalized spacial score (nSPS) is 22.7. The molecule has 150 valence electrons. The van der Waals surface area contributed by atoms with Crippen molar-refractivity contribution >= 4 is 29.0 Å². The number of carbonyl (C=O) groups excluding carboxylic acids is 2. The largest absolute Gasteiger partial charge is 0.375 e. The number of aliphatic hydroxyl groups is 1. The highest BCUT2D eigenvalue weighted by Gasteiger charge is 2.57. The highest BCUT2D eigenvalue weighted by atomic mass is 35.5. The van der Waals surface area contributed by atoms with Gasteiger partial charge >= 0.3 is 0 Å². The minimum atomic E-state index is -1.89. The minimum absolute atomic E-state index is 0.179. The Bertz CT molecular complexity index is 1170. The van der Waals surface area contributed by atoms with Crippen LogP contribution in [-0.2, 0) is 23.4 Å². The lowest BCUT2D eigenvalue weighted by Crippen LogP contribution is -2.49.